The zero-order valence-corrected chi connectivity index (χ0v) is 12.5. The van der Waals surface area contributed by atoms with E-state index in [9.17, 15) is 9.59 Å². The zero-order chi connectivity index (χ0) is 13.8. The topological polar surface area (TPSA) is 40.6 Å². The highest BCUT2D eigenvalue weighted by Gasteiger charge is 2.37. The number of hydrogen-bond donors (Lipinski definition) is 0. The molecule has 0 aliphatic carbocycles. The van der Waals surface area contributed by atoms with Gasteiger partial charge >= 0.3 is 0 Å². The summed E-state index contributed by atoms with van der Waals surface area (Å²) >= 11 is 1.67. The summed E-state index contributed by atoms with van der Waals surface area (Å²) in [4.78, 5) is 28.4. The minimum atomic E-state index is -0.254. The summed E-state index contributed by atoms with van der Waals surface area (Å²) in [6, 6.07) is -0.254. The second-order valence-electron chi connectivity index (χ2n) is 5.12. The first-order valence-electron chi connectivity index (χ1n) is 6.99. The van der Waals surface area contributed by atoms with E-state index in [-0.39, 0.29) is 17.9 Å². The predicted molar refractivity (Wildman–Crippen MR) is 77.8 cm³/mol. The Morgan fingerprint density at radius 1 is 1.32 bits per heavy atom. The second-order valence-corrected chi connectivity index (χ2v) is 6.12. The van der Waals surface area contributed by atoms with Crippen molar-refractivity contribution in [2.24, 2.45) is 0 Å². The number of nitrogens with zero attached hydrogens (tertiary/aromatic N) is 2. The number of rotatable bonds is 3. The fourth-order valence-electron chi connectivity index (χ4n) is 2.62. The maximum Gasteiger partial charge on any atom is 0.250 e. The Hall–Kier alpha value is -0.970. The van der Waals surface area contributed by atoms with E-state index in [4.69, 9.17) is 0 Å². The zero-order valence-electron chi connectivity index (χ0n) is 11.7. The van der Waals surface area contributed by atoms with Gasteiger partial charge in [0.25, 0.3) is 5.91 Å². The summed E-state index contributed by atoms with van der Waals surface area (Å²) in [6.07, 6.45) is 4.97. The average Bonchev–Trinajstić information content (AvgIpc) is 3.08. The molecule has 2 saturated heterocycles. The summed E-state index contributed by atoms with van der Waals surface area (Å²) in [5.74, 6) is 1.53. The van der Waals surface area contributed by atoms with E-state index < -0.39 is 0 Å². The highest BCUT2D eigenvalue weighted by atomic mass is 32.2. The molecule has 2 fully saturated rings. The van der Waals surface area contributed by atoms with E-state index in [1.165, 1.54) is 0 Å². The molecule has 0 bridgehead atoms. The van der Waals surface area contributed by atoms with Crippen molar-refractivity contribution >= 4 is 23.6 Å². The van der Waals surface area contributed by atoms with Crippen molar-refractivity contribution in [3.8, 4) is 0 Å². The third-order valence-corrected chi connectivity index (χ3v) is 4.71. The first-order chi connectivity index (χ1) is 9.15. The molecule has 19 heavy (non-hydrogen) atoms. The molecule has 0 aromatic rings. The van der Waals surface area contributed by atoms with Crippen molar-refractivity contribution < 1.29 is 9.59 Å². The van der Waals surface area contributed by atoms with Crippen LogP contribution in [0.5, 0.6) is 0 Å². The highest BCUT2D eigenvalue weighted by Crippen LogP contribution is 2.25. The normalized spacial score (nSPS) is 24.1. The summed E-state index contributed by atoms with van der Waals surface area (Å²) < 4.78 is 0. The molecule has 2 aliphatic rings. The third-order valence-electron chi connectivity index (χ3n) is 3.69. The molecule has 2 heterocycles. The van der Waals surface area contributed by atoms with Crippen molar-refractivity contribution in [2.75, 3.05) is 24.7 Å². The molecule has 0 N–H and O–H groups in total. The molecule has 2 amide bonds. The van der Waals surface area contributed by atoms with Gasteiger partial charge in [-0.1, -0.05) is 13.0 Å². The van der Waals surface area contributed by atoms with Gasteiger partial charge in [0.15, 0.2) is 0 Å². The molecule has 0 aromatic heterocycles. The Labute approximate surface area is 119 Å². The summed E-state index contributed by atoms with van der Waals surface area (Å²) in [6.45, 7) is 5.56. The fourth-order valence-corrected chi connectivity index (χ4v) is 3.76. The maximum absolute atomic E-state index is 12.4. The van der Waals surface area contributed by atoms with Gasteiger partial charge in [-0.2, -0.15) is 0 Å². The number of allylic oxidation sites excluding steroid dienone is 1. The lowest BCUT2D eigenvalue weighted by Gasteiger charge is -2.27. The van der Waals surface area contributed by atoms with Crippen LogP contribution in [0.25, 0.3) is 0 Å². The molecule has 1 atom stereocenters. The van der Waals surface area contributed by atoms with Crippen molar-refractivity contribution in [2.45, 2.75) is 39.2 Å². The van der Waals surface area contributed by atoms with Gasteiger partial charge in [0.2, 0.25) is 5.91 Å². The van der Waals surface area contributed by atoms with E-state index in [1.807, 2.05) is 24.8 Å². The number of amides is 2. The first kappa shape index (κ1) is 14.4. The van der Waals surface area contributed by atoms with Gasteiger partial charge in [-0.15, -0.1) is 11.8 Å². The SMILES string of the molecule is CC/C=C(/C)C(=O)N1CSCC1C(=O)N1CCCC1. The lowest BCUT2D eigenvalue weighted by Crippen LogP contribution is -2.48. The van der Waals surface area contributed by atoms with Gasteiger partial charge in [-0.05, 0) is 26.2 Å². The van der Waals surface area contributed by atoms with Crippen LogP contribution in [0.4, 0.5) is 0 Å². The molecule has 2 aliphatic heterocycles. The van der Waals surface area contributed by atoms with Crippen LogP contribution in [0.2, 0.25) is 0 Å². The van der Waals surface area contributed by atoms with Crippen LogP contribution in [-0.2, 0) is 9.59 Å². The van der Waals surface area contributed by atoms with Crippen LogP contribution >= 0.6 is 11.8 Å². The van der Waals surface area contributed by atoms with E-state index in [0.717, 1.165) is 43.7 Å². The van der Waals surface area contributed by atoms with E-state index in [0.29, 0.717) is 5.88 Å². The lowest BCUT2D eigenvalue weighted by atomic mass is 10.2. The second kappa shape index (κ2) is 6.46. The summed E-state index contributed by atoms with van der Waals surface area (Å²) in [7, 11) is 0. The number of hydrogen-bond acceptors (Lipinski definition) is 3. The number of likely N-dealkylation sites (tertiary alicyclic amines) is 1. The van der Waals surface area contributed by atoms with Crippen LogP contribution < -0.4 is 0 Å². The Kier molecular flexibility index (Phi) is 4.91. The minimum absolute atomic E-state index is 0.0180. The van der Waals surface area contributed by atoms with Gasteiger partial charge < -0.3 is 9.80 Å². The molecule has 1 unspecified atom stereocenters. The molecule has 4 nitrogen and oxygen atoms in total. The molecule has 0 radical (unpaired) electrons. The van der Waals surface area contributed by atoms with Crippen molar-refractivity contribution in [3.63, 3.8) is 0 Å². The summed E-state index contributed by atoms with van der Waals surface area (Å²) in [5, 5.41) is 0. The largest absolute Gasteiger partial charge is 0.341 e. The fraction of sp³-hybridized carbons (Fsp3) is 0.714. The molecular formula is C14H22N2O2S. The quantitative estimate of drug-likeness (QED) is 0.742. The van der Waals surface area contributed by atoms with Crippen molar-refractivity contribution in [3.05, 3.63) is 11.6 Å². The van der Waals surface area contributed by atoms with Crippen molar-refractivity contribution in [1.29, 1.82) is 0 Å². The van der Waals surface area contributed by atoms with Gasteiger partial charge in [0, 0.05) is 24.4 Å². The Balaban J connectivity index is 2.06. The molecule has 0 aromatic carbocycles. The predicted octanol–water partition coefficient (Wildman–Crippen LogP) is 1.87. The van der Waals surface area contributed by atoms with Crippen LogP contribution in [0.3, 0.4) is 0 Å². The van der Waals surface area contributed by atoms with Crippen LogP contribution in [0.1, 0.15) is 33.1 Å². The van der Waals surface area contributed by atoms with Crippen LogP contribution in [-0.4, -0.2) is 52.4 Å². The molecular weight excluding hydrogens is 260 g/mol. The van der Waals surface area contributed by atoms with E-state index in [1.54, 1.807) is 16.7 Å². The number of carbonyl (C=O) groups is 2. The third kappa shape index (κ3) is 3.14. The highest BCUT2D eigenvalue weighted by molar-refractivity contribution is 7.99. The van der Waals surface area contributed by atoms with Crippen LogP contribution in [0.15, 0.2) is 11.6 Å². The van der Waals surface area contributed by atoms with Crippen molar-refractivity contribution in [1.82, 2.24) is 9.80 Å². The molecule has 106 valence electrons. The van der Waals surface area contributed by atoms with Gasteiger partial charge in [0.05, 0.1) is 5.88 Å². The van der Waals surface area contributed by atoms with E-state index >= 15 is 0 Å². The molecule has 5 heteroatoms. The molecule has 0 saturated carbocycles. The average molecular weight is 282 g/mol. The number of thioether (sulfide) groups is 1. The monoisotopic (exact) mass is 282 g/mol. The number of carbonyl (C=O) groups excluding carboxylic acids is 2. The molecule has 0 spiro atoms. The van der Waals surface area contributed by atoms with E-state index in [2.05, 4.69) is 0 Å². The Bertz CT molecular complexity index is 389. The Morgan fingerprint density at radius 3 is 2.63 bits per heavy atom. The van der Waals surface area contributed by atoms with Crippen LogP contribution in [0, 0.1) is 0 Å². The summed E-state index contributed by atoms with van der Waals surface area (Å²) in [5.41, 5.74) is 0.754. The van der Waals surface area contributed by atoms with Gasteiger partial charge in [0.1, 0.15) is 6.04 Å². The van der Waals surface area contributed by atoms with Gasteiger partial charge in [-0.25, -0.2) is 0 Å². The maximum atomic E-state index is 12.4. The first-order valence-corrected chi connectivity index (χ1v) is 8.15. The smallest absolute Gasteiger partial charge is 0.250 e. The minimum Gasteiger partial charge on any atom is -0.341 e. The van der Waals surface area contributed by atoms with Gasteiger partial charge in [-0.3, -0.25) is 9.59 Å². The lowest BCUT2D eigenvalue weighted by molar-refractivity contribution is -0.140. The molecule has 2 rings (SSSR count). The standard InChI is InChI=1S/C14H22N2O2S/c1-3-6-11(2)13(17)16-10-19-9-12(16)14(18)15-7-4-5-8-15/h6,12H,3-5,7-10H2,1-2H3/b11-6-. The Morgan fingerprint density at radius 2 is 2.00 bits per heavy atom.